The molecule has 1 saturated carbocycles. The number of hydrogen-bond donors (Lipinski definition) is 2. The molecule has 1 aromatic rings. The van der Waals surface area contributed by atoms with Crippen molar-refractivity contribution in [1.82, 2.24) is 19.6 Å². The highest BCUT2D eigenvalue weighted by Gasteiger charge is 2.21. The van der Waals surface area contributed by atoms with Gasteiger partial charge < -0.3 is 15.3 Å². The molecule has 1 saturated heterocycles. The highest BCUT2D eigenvalue weighted by atomic mass is 16.3. The van der Waals surface area contributed by atoms with Gasteiger partial charge in [-0.1, -0.05) is 12.8 Å². The quantitative estimate of drug-likeness (QED) is 0.776. The molecule has 2 fully saturated rings. The number of rotatable bonds is 7. The highest BCUT2D eigenvalue weighted by Crippen LogP contribution is 2.31. The number of amides is 1. The summed E-state index contributed by atoms with van der Waals surface area (Å²) in [7, 11) is 0. The van der Waals surface area contributed by atoms with E-state index < -0.39 is 0 Å². The third-order valence-electron chi connectivity index (χ3n) is 5.14. The van der Waals surface area contributed by atoms with Gasteiger partial charge in [0.15, 0.2) is 0 Å². The first-order chi connectivity index (χ1) is 11.8. The van der Waals surface area contributed by atoms with Crippen molar-refractivity contribution in [3.05, 3.63) is 12.3 Å². The fourth-order valence-corrected chi connectivity index (χ4v) is 3.70. The maximum atomic E-state index is 12.3. The summed E-state index contributed by atoms with van der Waals surface area (Å²) < 4.78 is 1.98. The van der Waals surface area contributed by atoms with E-state index in [0.29, 0.717) is 12.5 Å². The van der Waals surface area contributed by atoms with Crippen LogP contribution in [-0.2, 0) is 4.79 Å². The summed E-state index contributed by atoms with van der Waals surface area (Å²) in [5, 5.41) is 16.4. The topological polar surface area (TPSA) is 73.6 Å². The van der Waals surface area contributed by atoms with Gasteiger partial charge in [0.25, 0.3) is 0 Å². The lowest BCUT2D eigenvalue weighted by molar-refractivity contribution is -0.116. The first-order valence-corrected chi connectivity index (χ1v) is 9.15. The van der Waals surface area contributed by atoms with E-state index in [1.807, 2.05) is 10.7 Å². The van der Waals surface area contributed by atoms with Crippen LogP contribution in [0, 0.1) is 0 Å². The van der Waals surface area contributed by atoms with Gasteiger partial charge in [-0.05, 0) is 12.8 Å². The summed E-state index contributed by atoms with van der Waals surface area (Å²) in [5.74, 6) is 0.896. The monoisotopic (exact) mass is 335 g/mol. The lowest BCUT2D eigenvalue weighted by atomic mass is 10.2. The maximum Gasteiger partial charge on any atom is 0.226 e. The van der Waals surface area contributed by atoms with E-state index in [9.17, 15) is 4.79 Å². The third-order valence-corrected chi connectivity index (χ3v) is 5.14. The average molecular weight is 335 g/mol. The molecule has 0 radical (unpaired) electrons. The van der Waals surface area contributed by atoms with Gasteiger partial charge in [-0.15, -0.1) is 0 Å². The van der Waals surface area contributed by atoms with Crippen LogP contribution in [0.4, 0.5) is 5.82 Å². The second kappa shape index (κ2) is 8.60. The number of nitrogens with one attached hydrogen (secondary N) is 1. The number of aliphatic hydroxyl groups is 1. The third kappa shape index (κ3) is 4.55. The van der Waals surface area contributed by atoms with Crippen molar-refractivity contribution >= 4 is 11.7 Å². The Hall–Kier alpha value is -1.44. The molecule has 2 aliphatic rings. The van der Waals surface area contributed by atoms with Crippen LogP contribution in [0.5, 0.6) is 0 Å². The van der Waals surface area contributed by atoms with E-state index in [2.05, 4.69) is 20.2 Å². The molecule has 0 aromatic carbocycles. The summed E-state index contributed by atoms with van der Waals surface area (Å²) in [4.78, 5) is 16.8. The zero-order chi connectivity index (χ0) is 16.8. The molecule has 1 aromatic heterocycles. The molecule has 0 bridgehead atoms. The molecule has 2 N–H and O–H groups in total. The number of β-amino-alcohol motifs (C(OH)–C–C–N with tert-alkyl or cyclic N) is 1. The van der Waals surface area contributed by atoms with Crippen LogP contribution in [0.1, 0.15) is 38.1 Å². The number of anilines is 1. The molecule has 3 rings (SSSR count). The van der Waals surface area contributed by atoms with Gasteiger partial charge >= 0.3 is 0 Å². The molecule has 0 spiro atoms. The highest BCUT2D eigenvalue weighted by molar-refractivity contribution is 5.89. The van der Waals surface area contributed by atoms with Gasteiger partial charge in [0, 0.05) is 51.8 Å². The summed E-state index contributed by atoms with van der Waals surface area (Å²) in [6, 6.07) is 2.33. The Bertz CT molecular complexity index is 519. The fourth-order valence-electron chi connectivity index (χ4n) is 3.70. The Labute approximate surface area is 143 Å². The molecule has 7 nitrogen and oxygen atoms in total. The second-order valence-corrected chi connectivity index (χ2v) is 6.80. The molecule has 1 aliphatic carbocycles. The Morgan fingerprint density at radius 1 is 1.17 bits per heavy atom. The fraction of sp³-hybridized carbons (Fsp3) is 0.765. The number of carbonyl (C=O) groups is 1. The molecular formula is C17H29N5O2. The lowest BCUT2D eigenvalue weighted by Gasteiger charge is -2.34. The van der Waals surface area contributed by atoms with Crippen LogP contribution >= 0.6 is 0 Å². The predicted molar refractivity (Wildman–Crippen MR) is 92.9 cm³/mol. The Morgan fingerprint density at radius 3 is 2.50 bits per heavy atom. The van der Waals surface area contributed by atoms with Gasteiger partial charge in [-0.2, -0.15) is 5.10 Å². The number of carbonyl (C=O) groups excluding carboxylic acids is 1. The van der Waals surface area contributed by atoms with Gasteiger partial charge in [0.05, 0.1) is 18.8 Å². The minimum absolute atomic E-state index is 0.0625. The van der Waals surface area contributed by atoms with E-state index in [0.717, 1.165) is 57.9 Å². The molecular weight excluding hydrogens is 306 g/mol. The van der Waals surface area contributed by atoms with Crippen molar-refractivity contribution in [3.8, 4) is 0 Å². The predicted octanol–water partition coefficient (Wildman–Crippen LogP) is 0.937. The van der Waals surface area contributed by atoms with Crippen molar-refractivity contribution in [3.63, 3.8) is 0 Å². The summed E-state index contributed by atoms with van der Waals surface area (Å²) >= 11 is 0. The van der Waals surface area contributed by atoms with Crippen LogP contribution in [-0.4, -0.2) is 76.5 Å². The zero-order valence-electron chi connectivity index (χ0n) is 14.4. The van der Waals surface area contributed by atoms with Crippen LogP contribution in [0.3, 0.4) is 0 Å². The largest absolute Gasteiger partial charge is 0.395 e. The second-order valence-electron chi connectivity index (χ2n) is 6.80. The Kier molecular flexibility index (Phi) is 6.23. The molecule has 0 atom stereocenters. The van der Waals surface area contributed by atoms with Crippen LogP contribution < -0.4 is 5.32 Å². The molecule has 0 unspecified atom stereocenters. The summed E-state index contributed by atoms with van der Waals surface area (Å²) in [6.07, 6.45) is 7.09. The first kappa shape index (κ1) is 17.4. The van der Waals surface area contributed by atoms with Crippen LogP contribution in [0.2, 0.25) is 0 Å². The standard InChI is InChI=1S/C17H29N5O2/c23-14-13-21-11-9-20(10-12-21)8-6-17(24)19-16-5-7-18-22(16)15-3-1-2-4-15/h5,7,15,23H,1-4,6,8-14H2,(H,19,24). The Balaban J connectivity index is 1.41. The molecule has 1 aliphatic heterocycles. The maximum absolute atomic E-state index is 12.3. The minimum Gasteiger partial charge on any atom is -0.395 e. The SMILES string of the molecule is O=C(CCN1CCN(CCO)CC1)Nc1ccnn1C1CCCC1. The first-order valence-electron chi connectivity index (χ1n) is 9.15. The van der Waals surface area contributed by atoms with E-state index in [1.54, 1.807) is 6.20 Å². The van der Waals surface area contributed by atoms with E-state index in [1.165, 1.54) is 12.8 Å². The van der Waals surface area contributed by atoms with Crippen LogP contribution in [0.15, 0.2) is 12.3 Å². The lowest BCUT2D eigenvalue weighted by Crippen LogP contribution is -2.47. The molecule has 134 valence electrons. The number of piperazine rings is 1. The molecule has 1 amide bonds. The number of nitrogens with zero attached hydrogens (tertiary/aromatic N) is 4. The van der Waals surface area contributed by atoms with Crippen molar-refractivity contribution < 1.29 is 9.90 Å². The smallest absolute Gasteiger partial charge is 0.226 e. The zero-order valence-corrected chi connectivity index (χ0v) is 14.4. The number of hydrogen-bond acceptors (Lipinski definition) is 5. The van der Waals surface area contributed by atoms with Gasteiger partial charge in [0.1, 0.15) is 5.82 Å². The van der Waals surface area contributed by atoms with Gasteiger partial charge in [-0.3, -0.25) is 9.69 Å². The van der Waals surface area contributed by atoms with Gasteiger partial charge in [0.2, 0.25) is 5.91 Å². The normalized spacial score (nSPS) is 20.5. The van der Waals surface area contributed by atoms with Gasteiger partial charge in [-0.25, -0.2) is 4.68 Å². The van der Waals surface area contributed by atoms with Crippen molar-refractivity contribution in [1.29, 1.82) is 0 Å². The van der Waals surface area contributed by atoms with E-state index in [4.69, 9.17) is 5.11 Å². The molecule has 7 heteroatoms. The summed E-state index contributed by atoms with van der Waals surface area (Å²) in [6.45, 7) is 5.63. The number of aromatic nitrogens is 2. The van der Waals surface area contributed by atoms with Crippen LogP contribution in [0.25, 0.3) is 0 Å². The molecule has 2 heterocycles. The van der Waals surface area contributed by atoms with E-state index >= 15 is 0 Å². The minimum atomic E-state index is 0.0625. The number of aliphatic hydroxyl groups excluding tert-OH is 1. The van der Waals surface area contributed by atoms with E-state index in [-0.39, 0.29) is 12.5 Å². The van der Waals surface area contributed by atoms with Crippen molar-refractivity contribution in [2.24, 2.45) is 0 Å². The van der Waals surface area contributed by atoms with Crippen molar-refractivity contribution in [2.45, 2.75) is 38.1 Å². The average Bonchev–Trinajstić information content (AvgIpc) is 3.25. The summed E-state index contributed by atoms with van der Waals surface area (Å²) in [5.41, 5.74) is 0. The molecule has 24 heavy (non-hydrogen) atoms. The van der Waals surface area contributed by atoms with Crippen molar-refractivity contribution in [2.75, 3.05) is 51.2 Å². The Morgan fingerprint density at radius 2 is 1.83 bits per heavy atom.